The van der Waals surface area contributed by atoms with E-state index in [-0.39, 0.29) is 0 Å². The van der Waals surface area contributed by atoms with Gasteiger partial charge in [-0.1, -0.05) is 64.1 Å². The van der Waals surface area contributed by atoms with Crippen LogP contribution < -0.4 is 4.90 Å². The molecule has 0 unspecified atom stereocenters. The van der Waals surface area contributed by atoms with Gasteiger partial charge in [0.1, 0.15) is 0 Å². The molecule has 42 heavy (non-hydrogen) atoms. The van der Waals surface area contributed by atoms with Gasteiger partial charge in [0.2, 0.25) is 0 Å². The number of benzene rings is 2. The van der Waals surface area contributed by atoms with Gasteiger partial charge in [-0.2, -0.15) is 5.26 Å². The highest BCUT2D eigenvalue weighted by Crippen LogP contribution is 2.46. The second-order valence-electron chi connectivity index (χ2n) is 13.2. The maximum Gasteiger partial charge on any atom is 0.0944 e. The van der Waals surface area contributed by atoms with Gasteiger partial charge in [-0.3, -0.25) is 4.90 Å². The van der Waals surface area contributed by atoms with E-state index in [2.05, 4.69) is 126 Å². The molecule has 1 saturated heterocycles. The molecule has 1 fully saturated rings. The van der Waals surface area contributed by atoms with E-state index in [0.717, 1.165) is 45.9 Å². The van der Waals surface area contributed by atoms with Gasteiger partial charge < -0.3 is 14.2 Å². The smallest absolute Gasteiger partial charge is 0.0944 e. The van der Waals surface area contributed by atoms with Crippen molar-refractivity contribution in [1.82, 2.24) is 9.47 Å². The van der Waals surface area contributed by atoms with Crippen molar-refractivity contribution in [2.24, 2.45) is 5.41 Å². The summed E-state index contributed by atoms with van der Waals surface area (Å²) in [4.78, 5) is 5.13. The van der Waals surface area contributed by atoms with E-state index >= 15 is 0 Å². The summed E-state index contributed by atoms with van der Waals surface area (Å²) in [7, 11) is 0. The van der Waals surface area contributed by atoms with Crippen LogP contribution in [0.4, 0.5) is 5.69 Å². The molecule has 5 nitrogen and oxygen atoms in total. The molecule has 0 spiro atoms. The highest BCUT2D eigenvalue weighted by atomic mass is 16.5. The van der Waals surface area contributed by atoms with Crippen LogP contribution in [-0.4, -0.2) is 54.9 Å². The second kappa shape index (κ2) is 14.1. The Bertz CT molecular complexity index is 1430. The third-order valence-electron chi connectivity index (χ3n) is 7.82. The fourth-order valence-corrected chi connectivity index (χ4v) is 5.89. The number of aromatic nitrogens is 1. The summed E-state index contributed by atoms with van der Waals surface area (Å²) in [6.45, 7) is 28.4. The van der Waals surface area contributed by atoms with Gasteiger partial charge in [-0.25, -0.2) is 0 Å². The SMILES string of the molecule is C#C.C=C(C#N)Cc1c(C)c2c3c(cc(C)n3C[C@@H](C)N2CCN2CCOCC2)c1-c1ccc(C)cc1.CC(C)(C)C. The van der Waals surface area contributed by atoms with Gasteiger partial charge in [0.25, 0.3) is 0 Å². The molecule has 0 radical (unpaired) electrons. The van der Waals surface area contributed by atoms with E-state index in [1.807, 2.05) is 0 Å². The summed E-state index contributed by atoms with van der Waals surface area (Å²) in [6.07, 6.45) is 8.57. The van der Waals surface area contributed by atoms with Crippen LogP contribution in [-0.2, 0) is 17.7 Å². The van der Waals surface area contributed by atoms with E-state index in [4.69, 9.17) is 4.74 Å². The molecule has 5 heteroatoms. The average Bonchev–Trinajstić information content (AvgIpc) is 3.27. The largest absolute Gasteiger partial charge is 0.379 e. The van der Waals surface area contributed by atoms with Gasteiger partial charge in [0, 0.05) is 61.8 Å². The van der Waals surface area contributed by atoms with Crippen molar-refractivity contribution in [2.45, 2.75) is 74.4 Å². The maximum atomic E-state index is 9.63. The number of hydrogen-bond acceptors (Lipinski definition) is 4. The molecule has 224 valence electrons. The minimum absolute atomic E-state index is 0.397. The maximum absolute atomic E-state index is 9.63. The van der Waals surface area contributed by atoms with E-state index in [1.54, 1.807) is 0 Å². The number of rotatable bonds is 6. The molecule has 3 heterocycles. The molecule has 1 atom stereocenters. The normalized spacial score (nSPS) is 16.6. The lowest BCUT2D eigenvalue weighted by Crippen LogP contribution is -2.46. The van der Waals surface area contributed by atoms with Crippen LogP contribution in [0.3, 0.4) is 0 Å². The lowest BCUT2D eigenvalue weighted by atomic mass is 9.86. The zero-order valence-electron chi connectivity index (χ0n) is 27.2. The number of morpholine rings is 1. The van der Waals surface area contributed by atoms with Crippen LogP contribution >= 0.6 is 0 Å². The van der Waals surface area contributed by atoms with Crippen LogP contribution in [0.1, 0.15) is 57.0 Å². The number of nitrogens with zero attached hydrogens (tertiary/aromatic N) is 4. The molecule has 0 bridgehead atoms. The summed E-state index contributed by atoms with van der Waals surface area (Å²) in [5.74, 6) is 0. The van der Waals surface area contributed by atoms with Crippen molar-refractivity contribution in [3.8, 4) is 30.0 Å². The number of terminal acetylenes is 1. The average molecular weight is 567 g/mol. The molecule has 2 aromatic carbocycles. The van der Waals surface area contributed by atoms with Crippen molar-refractivity contribution >= 4 is 16.6 Å². The summed E-state index contributed by atoms with van der Waals surface area (Å²) in [6, 6.07) is 13.9. The van der Waals surface area contributed by atoms with Crippen LogP contribution in [0, 0.1) is 50.4 Å². The van der Waals surface area contributed by atoms with Crippen molar-refractivity contribution in [3.63, 3.8) is 0 Å². The van der Waals surface area contributed by atoms with Gasteiger partial charge in [0.15, 0.2) is 0 Å². The highest BCUT2D eigenvalue weighted by Gasteiger charge is 2.31. The molecule has 2 aliphatic heterocycles. The molecule has 1 aromatic heterocycles. The Kier molecular flexibility index (Phi) is 11.1. The molecule has 0 amide bonds. The molecule has 2 aliphatic rings. The Morgan fingerprint density at radius 1 is 1.05 bits per heavy atom. The molecule has 0 aliphatic carbocycles. The molecule has 0 N–H and O–H groups in total. The quantitative estimate of drug-likeness (QED) is 0.227. The van der Waals surface area contributed by atoms with Crippen LogP contribution in [0.2, 0.25) is 0 Å². The van der Waals surface area contributed by atoms with Crippen LogP contribution in [0.15, 0.2) is 42.5 Å². The third-order valence-corrected chi connectivity index (χ3v) is 7.82. The van der Waals surface area contributed by atoms with E-state index in [0.29, 0.717) is 23.5 Å². The van der Waals surface area contributed by atoms with E-state index in [1.165, 1.54) is 50.1 Å². The first kappa shape index (κ1) is 33.0. The van der Waals surface area contributed by atoms with E-state index < -0.39 is 0 Å². The summed E-state index contributed by atoms with van der Waals surface area (Å²) in [5.41, 5.74) is 11.3. The van der Waals surface area contributed by atoms with Crippen molar-refractivity contribution in [3.05, 3.63) is 64.9 Å². The van der Waals surface area contributed by atoms with Crippen molar-refractivity contribution < 1.29 is 4.74 Å². The standard InChI is InChI=1S/C30H36N4O.C5H12.C2H2/c1-20-6-8-25(9-7-20)28-26(16-21(2)18-31)24(5)29-30-27(28)17-22(3)34(30)19-23(4)33(29)11-10-32-12-14-35-15-13-32;1-5(2,3)4;1-2/h6-9,17,23H,2,10-16,19H2,1,3-5H3;1-4H3;1-2H/t23-;;/m1../s1. The number of allylic oxidation sites excluding steroid dienone is 1. The predicted molar refractivity (Wildman–Crippen MR) is 179 cm³/mol. The zero-order chi connectivity index (χ0) is 31.2. The van der Waals surface area contributed by atoms with Gasteiger partial charge >= 0.3 is 0 Å². The molecule has 3 aromatic rings. The summed E-state index contributed by atoms with van der Waals surface area (Å²) in [5, 5.41) is 10.9. The number of aryl methyl sites for hydroxylation is 2. The zero-order valence-corrected chi connectivity index (χ0v) is 27.2. The topological polar surface area (TPSA) is 44.4 Å². The van der Waals surface area contributed by atoms with Gasteiger partial charge in [0.05, 0.1) is 30.5 Å². The minimum Gasteiger partial charge on any atom is -0.379 e. The van der Waals surface area contributed by atoms with E-state index in [9.17, 15) is 5.26 Å². The number of hydrogen-bond donors (Lipinski definition) is 0. The Balaban J connectivity index is 0.000000627. The first-order valence-corrected chi connectivity index (χ1v) is 15.1. The molecular formula is C37H50N4O. The minimum atomic E-state index is 0.397. The number of ether oxygens (including phenoxy) is 1. The van der Waals surface area contributed by atoms with Crippen LogP contribution in [0.5, 0.6) is 0 Å². The summed E-state index contributed by atoms with van der Waals surface area (Å²) < 4.78 is 8.07. The van der Waals surface area contributed by atoms with Crippen LogP contribution in [0.25, 0.3) is 22.0 Å². The molecule has 0 saturated carbocycles. The Morgan fingerprint density at radius 3 is 2.21 bits per heavy atom. The third kappa shape index (κ3) is 7.65. The fourth-order valence-electron chi connectivity index (χ4n) is 5.89. The van der Waals surface area contributed by atoms with Crippen molar-refractivity contribution in [1.29, 1.82) is 5.26 Å². The molecular weight excluding hydrogens is 516 g/mol. The van der Waals surface area contributed by atoms with Crippen molar-refractivity contribution in [2.75, 3.05) is 44.3 Å². The van der Waals surface area contributed by atoms with Gasteiger partial charge in [-0.05, 0) is 61.4 Å². The Labute approximate surface area is 254 Å². The monoisotopic (exact) mass is 566 g/mol. The first-order chi connectivity index (χ1) is 19.9. The first-order valence-electron chi connectivity index (χ1n) is 15.1. The number of anilines is 1. The lowest BCUT2D eigenvalue weighted by molar-refractivity contribution is 0.0389. The lowest BCUT2D eigenvalue weighted by Gasteiger charge is -2.40. The predicted octanol–water partition coefficient (Wildman–Crippen LogP) is 7.70. The summed E-state index contributed by atoms with van der Waals surface area (Å²) >= 11 is 0. The Morgan fingerprint density at radius 2 is 1.64 bits per heavy atom. The van der Waals surface area contributed by atoms with Gasteiger partial charge in [-0.15, -0.1) is 12.8 Å². The number of nitriles is 1. The fraction of sp³-hybridized carbons (Fsp3) is 0.486. The molecule has 5 rings (SSSR count). The Hall–Kier alpha value is -3.51. The highest BCUT2D eigenvalue weighted by molar-refractivity contribution is 6.06. The second-order valence-corrected chi connectivity index (χ2v) is 13.2.